The minimum atomic E-state index is -0.107. The second kappa shape index (κ2) is 9.19. The Morgan fingerprint density at radius 2 is 1.88 bits per heavy atom. The van der Waals surface area contributed by atoms with Gasteiger partial charge in [-0.15, -0.1) is 0 Å². The maximum Gasteiger partial charge on any atom is 0.0594 e. The van der Waals surface area contributed by atoms with Gasteiger partial charge in [0.2, 0.25) is 0 Å². The zero-order valence-corrected chi connectivity index (χ0v) is 14.4. The van der Waals surface area contributed by atoms with Crippen molar-refractivity contribution in [3.63, 3.8) is 0 Å². The van der Waals surface area contributed by atoms with E-state index in [9.17, 15) is 5.11 Å². The molecule has 2 aliphatic heterocycles. The number of aliphatic hydroxyl groups excluding tert-OH is 1. The topological polar surface area (TPSA) is 35.9 Å². The van der Waals surface area contributed by atoms with Crippen molar-refractivity contribution in [2.45, 2.75) is 31.9 Å². The van der Waals surface area contributed by atoms with Crippen molar-refractivity contribution in [3.8, 4) is 11.8 Å². The van der Waals surface area contributed by atoms with Crippen LogP contribution in [-0.2, 0) is 11.3 Å². The zero-order chi connectivity index (χ0) is 16.6. The summed E-state index contributed by atoms with van der Waals surface area (Å²) in [6, 6.07) is 8.56. The number of morpholine rings is 1. The minimum Gasteiger partial charge on any atom is -0.393 e. The predicted octanol–water partition coefficient (Wildman–Crippen LogP) is 1.72. The van der Waals surface area contributed by atoms with Crippen LogP contribution in [0.2, 0.25) is 0 Å². The average molecular weight is 328 g/mol. The van der Waals surface area contributed by atoms with E-state index in [1.54, 1.807) is 0 Å². The van der Waals surface area contributed by atoms with E-state index in [0.717, 1.165) is 77.3 Å². The molecule has 0 aromatic heterocycles. The molecule has 2 saturated heterocycles. The van der Waals surface area contributed by atoms with Gasteiger partial charge in [-0.1, -0.05) is 24.0 Å². The third-order valence-electron chi connectivity index (χ3n) is 4.78. The number of hydrogen-bond acceptors (Lipinski definition) is 4. The summed E-state index contributed by atoms with van der Waals surface area (Å²) in [6.45, 7) is 7.71. The quantitative estimate of drug-likeness (QED) is 0.854. The molecule has 0 spiro atoms. The van der Waals surface area contributed by atoms with E-state index in [-0.39, 0.29) is 6.10 Å². The predicted molar refractivity (Wildman–Crippen MR) is 95.7 cm³/mol. The Balaban J connectivity index is 1.47. The Hall–Kier alpha value is -1.38. The number of likely N-dealkylation sites (tertiary alicyclic amines) is 1. The van der Waals surface area contributed by atoms with Crippen LogP contribution >= 0.6 is 0 Å². The van der Waals surface area contributed by atoms with Crippen molar-refractivity contribution >= 4 is 0 Å². The average Bonchev–Trinajstić information content (AvgIpc) is 2.62. The number of rotatable bonds is 4. The van der Waals surface area contributed by atoms with Gasteiger partial charge in [-0.2, -0.15) is 0 Å². The van der Waals surface area contributed by atoms with Gasteiger partial charge in [0, 0.05) is 51.3 Å². The summed E-state index contributed by atoms with van der Waals surface area (Å²) in [6.07, 6.45) is 2.58. The molecular formula is C20H28N2O2. The summed E-state index contributed by atoms with van der Waals surface area (Å²) in [5.74, 6) is 6.61. The van der Waals surface area contributed by atoms with Gasteiger partial charge in [0.1, 0.15) is 0 Å². The third kappa shape index (κ3) is 5.61. The fraction of sp³-hybridized carbons (Fsp3) is 0.600. The lowest BCUT2D eigenvalue weighted by molar-refractivity contribution is 0.0390. The first-order valence-corrected chi connectivity index (χ1v) is 9.08. The van der Waals surface area contributed by atoms with Gasteiger partial charge in [0.25, 0.3) is 0 Å². The lowest BCUT2D eigenvalue weighted by Crippen LogP contribution is -2.36. The second-order valence-corrected chi connectivity index (χ2v) is 6.71. The van der Waals surface area contributed by atoms with E-state index < -0.39 is 0 Å². The molecule has 1 aromatic rings. The highest BCUT2D eigenvalue weighted by Gasteiger charge is 2.16. The van der Waals surface area contributed by atoms with Crippen molar-refractivity contribution in [1.29, 1.82) is 0 Å². The molecule has 130 valence electrons. The number of benzene rings is 1. The highest BCUT2D eigenvalue weighted by molar-refractivity contribution is 5.37. The van der Waals surface area contributed by atoms with E-state index >= 15 is 0 Å². The third-order valence-corrected chi connectivity index (χ3v) is 4.78. The molecule has 0 bridgehead atoms. The van der Waals surface area contributed by atoms with E-state index in [4.69, 9.17) is 4.74 Å². The van der Waals surface area contributed by atoms with Crippen LogP contribution in [0.15, 0.2) is 24.3 Å². The van der Waals surface area contributed by atoms with Gasteiger partial charge in [0.05, 0.1) is 19.3 Å². The second-order valence-electron chi connectivity index (χ2n) is 6.71. The van der Waals surface area contributed by atoms with Crippen LogP contribution in [0.4, 0.5) is 0 Å². The summed E-state index contributed by atoms with van der Waals surface area (Å²) in [5.41, 5.74) is 2.41. The summed E-state index contributed by atoms with van der Waals surface area (Å²) in [7, 11) is 0. The van der Waals surface area contributed by atoms with Crippen LogP contribution < -0.4 is 0 Å². The van der Waals surface area contributed by atoms with Gasteiger partial charge >= 0.3 is 0 Å². The first kappa shape index (κ1) is 17.4. The Kier molecular flexibility index (Phi) is 6.68. The maximum atomic E-state index is 9.60. The molecule has 24 heavy (non-hydrogen) atoms. The SMILES string of the molecule is OC1CCN(Cc2cccc(C#CCCN3CCOCC3)c2)CC1. The van der Waals surface area contributed by atoms with Gasteiger partial charge in [-0.05, 0) is 30.5 Å². The van der Waals surface area contributed by atoms with Crippen LogP contribution in [-0.4, -0.2) is 66.9 Å². The summed E-state index contributed by atoms with van der Waals surface area (Å²) in [4.78, 5) is 4.83. The van der Waals surface area contributed by atoms with Crippen LogP contribution in [0.25, 0.3) is 0 Å². The number of ether oxygens (including phenoxy) is 1. The molecule has 4 nitrogen and oxygen atoms in total. The number of piperidine rings is 1. The van der Waals surface area contributed by atoms with Crippen molar-refractivity contribution in [2.24, 2.45) is 0 Å². The Bertz CT molecular complexity index is 564. The van der Waals surface area contributed by atoms with Crippen LogP contribution in [0.5, 0.6) is 0 Å². The van der Waals surface area contributed by atoms with E-state index in [1.165, 1.54) is 5.56 Å². The van der Waals surface area contributed by atoms with Gasteiger partial charge in [-0.3, -0.25) is 9.80 Å². The molecule has 0 unspecified atom stereocenters. The smallest absolute Gasteiger partial charge is 0.0594 e. The van der Waals surface area contributed by atoms with Gasteiger partial charge < -0.3 is 9.84 Å². The van der Waals surface area contributed by atoms with Crippen LogP contribution in [0.3, 0.4) is 0 Å². The summed E-state index contributed by atoms with van der Waals surface area (Å²) < 4.78 is 5.36. The number of hydrogen-bond donors (Lipinski definition) is 1. The molecule has 0 aliphatic carbocycles. The molecule has 0 radical (unpaired) electrons. The zero-order valence-electron chi connectivity index (χ0n) is 14.4. The molecule has 0 saturated carbocycles. The first-order chi connectivity index (χ1) is 11.8. The molecular weight excluding hydrogens is 300 g/mol. The van der Waals surface area contributed by atoms with Gasteiger partial charge in [-0.25, -0.2) is 0 Å². The fourth-order valence-corrected chi connectivity index (χ4v) is 3.29. The standard InChI is InChI=1S/C20H28N2O2/c23-20-7-10-22(11-8-20)17-19-6-3-5-18(16-19)4-1-2-9-21-12-14-24-15-13-21/h3,5-6,16,20,23H,2,7-15,17H2. The monoisotopic (exact) mass is 328 g/mol. The molecule has 2 aliphatic rings. The van der Waals surface area contributed by atoms with Crippen molar-refractivity contribution < 1.29 is 9.84 Å². The number of nitrogens with zero attached hydrogens (tertiary/aromatic N) is 2. The highest BCUT2D eigenvalue weighted by Crippen LogP contribution is 2.14. The van der Waals surface area contributed by atoms with E-state index in [1.807, 2.05) is 0 Å². The normalized spacial score (nSPS) is 20.5. The van der Waals surface area contributed by atoms with Crippen molar-refractivity contribution in [3.05, 3.63) is 35.4 Å². The van der Waals surface area contributed by atoms with Gasteiger partial charge in [0.15, 0.2) is 0 Å². The van der Waals surface area contributed by atoms with E-state index in [0.29, 0.717) is 0 Å². The summed E-state index contributed by atoms with van der Waals surface area (Å²) >= 11 is 0. The molecule has 1 N–H and O–H groups in total. The molecule has 2 heterocycles. The molecule has 2 fully saturated rings. The largest absolute Gasteiger partial charge is 0.393 e. The summed E-state index contributed by atoms with van der Waals surface area (Å²) in [5, 5.41) is 9.60. The fourth-order valence-electron chi connectivity index (χ4n) is 3.29. The van der Waals surface area contributed by atoms with Crippen molar-refractivity contribution in [1.82, 2.24) is 9.80 Å². The lowest BCUT2D eigenvalue weighted by atomic mass is 10.1. The first-order valence-electron chi connectivity index (χ1n) is 9.08. The molecule has 0 amide bonds. The Morgan fingerprint density at radius 1 is 1.08 bits per heavy atom. The minimum absolute atomic E-state index is 0.107. The highest BCUT2D eigenvalue weighted by atomic mass is 16.5. The van der Waals surface area contributed by atoms with Crippen molar-refractivity contribution in [2.75, 3.05) is 45.9 Å². The van der Waals surface area contributed by atoms with Crippen LogP contribution in [0, 0.1) is 11.8 Å². The molecule has 3 rings (SSSR count). The molecule has 0 atom stereocenters. The van der Waals surface area contributed by atoms with Crippen LogP contribution in [0.1, 0.15) is 30.4 Å². The lowest BCUT2D eigenvalue weighted by Gasteiger charge is -2.29. The maximum absolute atomic E-state index is 9.60. The molecule has 1 aromatic carbocycles. The Morgan fingerprint density at radius 3 is 2.67 bits per heavy atom. The number of aliphatic hydroxyl groups is 1. The Labute approximate surface area is 145 Å². The van der Waals surface area contributed by atoms with E-state index in [2.05, 4.69) is 45.9 Å². The molecule has 4 heteroatoms.